The van der Waals surface area contributed by atoms with Gasteiger partial charge in [-0.25, -0.2) is 17.5 Å². The normalized spacial score (nSPS) is 15.9. The number of hydrogen-bond acceptors (Lipinski definition) is 4. The van der Waals surface area contributed by atoms with Gasteiger partial charge < -0.3 is 15.4 Å². The Morgan fingerprint density at radius 3 is 2.57 bits per heavy atom. The van der Waals surface area contributed by atoms with E-state index in [4.69, 9.17) is 4.74 Å². The van der Waals surface area contributed by atoms with E-state index in [-0.39, 0.29) is 48.1 Å². The molecule has 0 amide bonds. The highest BCUT2D eigenvalue weighted by Crippen LogP contribution is 2.30. The van der Waals surface area contributed by atoms with Gasteiger partial charge in [0.25, 0.3) is 0 Å². The highest BCUT2D eigenvalue weighted by molar-refractivity contribution is 14.0. The molecule has 3 N–H and O–H groups in total. The molecule has 0 radical (unpaired) electrons. The average Bonchev–Trinajstić information content (AvgIpc) is 3.41. The summed E-state index contributed by atoms with van der Waals surface area (Å²) >= 11 is 0. The first-order valence-electron chi connectivity index (χ1n) is 9.95. The maximum atomic E-state index is 14.4. The Labute approximate surface area is 196 Å². The van der Waals surface area contributed by atoms with Gasteiger partial charge in [0.2, 0.25) is 10.0 Å². The van der Waals surface area contributed by atoms with Gasteiger partial charge in [0.05, 0.1) is 25.4 Å². The summed E-state index contributed by atoms with van der Waals surface area (Å²) in [6.45, 7) is 8.82. The molecular formula is C20H34FIN4O3S. The zero-order valence-corrected chi connectivity index (χ0v) is 21.4. The molecule has 1 saturated carbocycles. The van der Waals surface area contributed by atoms with Crippen LogP contribution in [0.15, 0.2) is 23.2 Å². The molecule has 0 aliphatic heterocycles. The third-order valence-electron chi connectivity index (χ3n) is 4.42. The molecule has 1 aliphatic rings. The Bertz CT molecular complexity index is 829. The summed E-state index contributed by atoms with van der Waals surface area (Å²) in [5, 5.41) is 6.36. The third kappa shape index (κ3) is 9.78. The van der Waals surface area contributed by atoms with Crippen LogP contribution in [-0.4, -0.2) is 45.9 Å². The summed E-state index contributed by atoms with van der Waals surface area (Å²) in [5.74, 6) is 0.993. The Morgan fingerprint density at radius 1 is 1.37 bits per heavy atom. The van der Waals surface area contributed by atoms with Crippen LogP contribution >= 0.6 is 24.0 Å². The molecule has 10 heteroatoms. The van der Waals surface area contributed by atoms with E-state index in [1.165, 1.54) is 6.07 Å². The quantitative estimate of drug-likeness (QED) is 0.234. The fraction of sp³-hybridized carbons (Fsp3) is 0.650. The van der Waals surface area contributed by atoms with E-state index in [1.807, 2.05) is 19.9 Å². The van der Waals surface area contributed by atoms with Crippen LogP contribution in [0.3, 0.4) is 0 Å². The zero-order valence-electron chi connectivity index (χ0n) is 18.3. The van der Waals surface area contributed by atoms with Crippen molar-refractivity contribution in [1.29, 1.82) is 0 Å². The maximum Gasteiger partial charge on any atom is 0.209 e. The Morgan fingerprint density at radius 2 is 2.03 bits per heavy atom. The van der Waals surface area contributed by atoms with Crippen molar-refractivity contribution in [3.05, 3.63) is 29.6 Å². The van der Waals surface area contributed by atoms with E-state index in [0.29, 0.717) is 25.0 Å². The number of nitrogens with zero attached hydrogens (tertiary/aromatic N) is 1. The molecule has 1 atom stereocenters. The van der Waals surface area contributed by atoms with Gasteiger partial charge in [0.1, 0.15) is 0 Å². The van der Waals surface area contributed by atoms with Gasteiger partial charge in [-0.05, 0) is 64.2 Å². The fourth-order valence-electron chi connectivity index (χ4n) is 2.81. The van der Waals surface area contributed by atoms with Crippen molar-refractivity contribution in [2.75, 3.05) is 26.0 Å². The molecule has 1 fully saturated rings. The molecule has 0 bridgehead atoms. The molecular weight excluding hydrogens is 522 g/mol. The molecule has 30 heavy (non-hydrogen) atoms. The van der Waals surface area contributed by atoms with Crippen LogP contribution in [0.2, 0.25) is 0 Å². The number of hydrogen-bond donors (Lipinski definition) is 3. The van der Waals surface area contributed by atoms with Gasteiger partial charge in [0, 0.05) is 12.1 Å². The summed E-state index contributed by atoms with van der Waals surface area (Å²) in [5.41, 5.74) is 0.0339. The van der Waals surface area contributed by atoms with Crippen molar-refractivity contribution in [2.45, 2.75) is 52.1 Å². The van der Waals surface area contributed by atoms with Gasteiger partial charge in [-0.2, -0.15) is 0 Å². The van der Waals surface area contributed by atoms with E-state index in [9.17, 15) is 12.8 Å². The number of guanidine groups is 1. The number of aliphatic imine (C=N–C) groups is 1. The standard InChI is InChI=1S/C20H33FN4O3S.HI/c1-6-22-19(23-13-20(3,4)25-29(5,26)27)24-14(2)16-9-10-18(17(21)11-16)28-12-15-7-8-15;/h9-11,14-15,25H,6-8,12-13H2,1-5H3,(H2,22,23,24);1H. The predicted molar refractivity (Wildman–Crippen MR) is 130 cm³/mol. The SMILES string of the molecule is CCNC(=NCC(C)(C)NS(C)(=O)=O)NC(C)c1ccc(OCC2CC2)c(F)c1.I. The van der Waals surface area contributed by atoms with Gasteiger partial charge in [0.15, 0.2) is 17.5 Å². The highest BCUT2D eigenvalue weighted by atomic mass is 127. The number of ether oxygens (including phenoxy) is 1. The van der Waals surface area contributed by atoms with Gasteiger partial charge in [-0.15, -0.1) is 24.0 Å². The fourth-order valence-corrected chi connectivity index (χ4v) is 3.88. The lowest BCUT2D eigenvalue weighted by molar-refractivity contribution is 0.285. The van der Waals surface area contributed by atoms with Crippen molar-refractivity contribution in [1.82, 2.24) is 15.4 Å². The van der Waals surface area contributed by atoms with E-state index in [0.717, 1.165) is 24.7 Å². The van der Waals surface area contributed by atoms with Gasteiger partial charge in [-0.1, -0.05) is 6.07 Å². The van der Waals surface area contributed by atoms with Crippen LogP contribution in [-0.2, 0) is 10.0 Å². The molecule has 1 aliphatic carbocycles. The minimum Gasteiger partial charge on any atom is -0.490 e. The van der Waals surface area contributed by atoms with Crippen LogP contribution in [0.1, 0.15) is 52.1 Å². The lowest BCUT2D eigenvalue weighted by Crippen LogP contribution is -2.47. The molecule has 172 valence electrons. The molecule has 0 saturated heterocycles. The number of benzene rings is 1. The molecule has 1 unspecified atom stereocenters. The molecule has 2 rings (SSSR count). The van der Waals surface area contributed by atoms with Crippen LogP contribution in [0.5, 0.6) is 5.75 Å². The summed E-state index contributed by atoms with van der Waals surface area (Å²) in [6, 6.07) is 4.76. The van der Waals surface area contributed by atoms with E-state index in [1.54, 1.807) is 19.9 Å². The number of sulfonamides is 1. The minimum atomic E-state index is -3.34. The second-order valence-corrected chi connectivity index (χ2v) is 10.0. The molecule has 7 nitrogen and oxygen atoms in total. The predicted octanol–water partition coefficient (Wildman–Crippen LogP) is 3.18. The van der Waals surface area contributed by atoms with Crippen molar-refractivity contribution in [3.63, 3.8) is 0 Å². The second-order valence-electron chi connectivity index (χ2n) is 8.26. The maximum absolute atomic E-state index is 14.4. The number of halogens is 2. The Balaban J connectivity index is 0.00000450. The van der Waals surface area contributed by atoms with Gasteiger partial charge in [-0.3, -0.25) is 4.99 Å². The molecule has 1 aromatic carbocycles. The van der Waals surface area contributed by atoms with Crippen LogP contribution in [0.25, 0.3) is 0 Å². The summed E-state index contributed by atoms with van der Waals surface area (Å²) < 4.78 is 45.5. The van der Waals surface area contributed by atoms with Crippen LogP contribution in [0.4, 0.5) is 4.39 Å². The largest absolute Gasteiger partial charge is 0.490 e. The smallest absolute Gasteiger partial charge is 0.209 e. The molecule has 0 heterocycles. The summed E-state index contributed by atoms with van der Waals surface area (Å²) in [7, 11) is -3.34. The van der Waals surface area contributed by atoms with Crippen LogP contribution in [0, 0.1) is 11.7 Å². The molecule has 0 spiro atoms. The van der Waals surface area contributed by atoms with E-state index < -0.39 is 15.6 Å². The first-order chi connectivity index (χ1) is 13.5. The second kappa shape index (κ2) is 11.5. The topological polar surface area (TPSA) is 91.8 Å². The van der Waals surface area contributed by atoms with E-state index >= 15 is 0 Å². The first-order valence-corrected chi connectivity index (χ1v) is 11.8. The first kappa shape index (κ1) is 26.9. The minimum absolute atomic E-state index is 0. The van der Waals surface area contributed by atoms with E-state index in [2.05, 4.69) is 20.3 Å². The van der Waals surface area contributed by atoms with Crippen LogP contribution < -0.4 is 20.1 Å². The Hall–Kier alpha value is -1.14. The summed E-state index contributed by atoms with van der Waals surface area (Å²) in [4.78, 5) is 4.48. The van der Waals surface area contributed by atoms with Crippen molar-refractivity contribution >= 4 is 40.0 Å². The van der Waals surface area contributed by atoms with Crippen molar-refractivity contribution in [3.8, 4) is 5.75 Å². The lowest BCUT2D eigenvalue weighted by atomic mass is 10.1. The third-order valence-corrected chi connectivity index (χ3v) is 5.34. The zero-order chi connectivity index (χ0) is 21.7. The van der Waals surface area contributed by atoms with Gasteiger partial charge >= 0.3 is 0 Å². The van der Waals surface area contributed by atoms with Crippen molar-refractivity contribution < 1.29 is 17.5 Å². The highest BCUT2D eigenvalue weighted by Gasteiger charge is 2.23. The molecule has 0 aromatic heterocycles. The lowest BCUT2D eigenvalue weighted by Gasteiger charge is -2.24. The van der Waals surface area contributed by atoms with Crippen molar-refractivity contribution in [2.24, 2.45) is 10.9 Å². The number of rotatable bonds is 10. The Kier molecular flexibility index (Phi) is 10.3. The monoisotopic (exact) mass is 556 g/mol. The average molecular weight is 556 g/mol. The molecule has 1 aromatic rings. The summed E-state index contributed by atoms with van der Waals surface area (Å²) in [6.07, 6.45) is 3.43. The number of nitrogens with one attached hydrogen (secondary N) is 3.